The van der Waals surface area contributed by atoms with Crippen molar-refractivity contribution in [2.24, 2.45) is 23.7 Å². The van der Waals surface area contributed by atoms with E-state index in [1.807, 2.05) is 0 Å². The second-order valence-electron chi connectivity index (χ2n) is 15.1. The summed E-state index contributed by atoms with van der Waals surface area (Å²) >= 11 is 0. The van der Waals surface area contributed by atoms with E-state index in [1.54, 1.807) is 50.2 Å². The van der Waals surface area contributed by atoms with Crippen molar-refractivity contribution in [1.29, 1.82) is 0 Å². The van der Waals surface area contributed by atoms with Crippen molar-refractivity contribution < 1.29 is 62.6 Å². The fraction of sp³-hybridized carbons (Fsp3) is 0.525. The molecule has 13 unspecified atom stereocenters. The van der Waals surface area contributed by atoms with E-state index in [1.165, 1.54) is 52.0 Å². The van der Waals surface area contributed by atoms with Crippen molar-refractivity contribution >= 4 is 29.8 Å². The molecule has 2 saturated heterocycles. The smallest absolute Gasteiger partial charge is 0.338 e. The lowest BCUT2D eigenvalue weighted by atomic mass is 9.52. The van der Waals surface area contributed by atoms with Gasteiger partial charge < -0.3 is 38.6 Å². The molecule has 13 nitrogen and oxygen atoms in total. The van der Waals surface area contributed by atoms with Crippen molar-refractivity contribution in [1.82, 2.24) is 0 Å². The molecule has 3 aliphatic carbocycles. The van der Waals surface area contributed by atoms with E-state index in [0.29, 0.717) is 0 Å². The lowest BCUT2D eigenvalue weighted by Crippen LogP contribution is -2.80. The first-order valence-electron chi connectivity index (χ1n) is 17.7. The Morgan fingerprint density at radius 1 is 0.698 bits per heavy atom. The Kier molecular flexibility index (Phi) is 9.62. The third kappa shape index (κ3) is 5.66. The van der Waals surface area contributed by atoms with Gasteiger partial charge >= 0.3 is 29.8 Å². The van der Waals surface area contributed by atoms with Crippen molar-refractivity contribution in [2.75, 3.05) is 0 Å². The minimum absolute atomic E-state index is 0.0168. The fourth-order valence-corrected chi connectivity index (χ4v) is 9.82. The Bertz CT molecular complexity index is 1810. The summed E-state index contributed by atoms with van der Waals surface area (Å²) in [5.41, 5.74) is -7.83. The summed E-state index contributed by atoms with van der Waals surface area (Å²) in [6.07, 6.45) is -7.32. The molecule has 0 aromatic heterocycles. The van der Waals surface area contributed by atoms with Crippen LogP contribution in [-0.2, 0) is 42.8 Å². The van der Waals surface area contributed by atoms with Crippen LogP contribution in [0.25, 0.3) is 0 Å². The first-order valence-corrected chi connectivity index (χ1v) is 17.7. The lowest BCUT2D eigenvalue weighted by molar-refractivity contribution is -0.390. The molecule has 284 valence electrons. The highest BCUT2D eigenvalue weighted by atomic mass is 16.7. The summed E-state index contributed by atoms with van der Waals surface area (Å²) in [6, 6.07) is 16.0. The average molecular weight is 735 g/mol. The van der Waals surface area contributed by atoms with Gasteiger partial charge in [0.15, 0.2) is 17.3 Å². The molecule has 2 aliphatic heterocycles. The number of hydrogen-bond acceptors (Lipinski definition) is 13. The van der Waals surface area contributed by atoms with Gasteiger partial charge in [0.05, 0.1) is 22.6 Å². The van der Waals surface area contributed by atoms with Crippen LogP contribution in [0, 0.1) is 23.7 Å². The number of hydrogen-bond donors (Lipinski definition) is 2. The van der Waals surface area contributed by atoms with Gasteiger partial charge in [-0.1, -0.05) is 56.8 Å². The second kappa shape index (κ2) is 13.4. The van der Waals surface area contributed by atoms with Crippen LogP contribution < -0.4 is 0 Å². The number of carbonyl (C=O) groups is 5. The summed E-state index contributed by atoms with van der Waals surface area (Å²) in [7, 11) is 0. The van der Waals surface area contributed by atoms with Crippen molar-refractivity contribution in [3.63, 3.8) is 0 Å². The first-order chi connectivity index (χ1) is 24.8. The number of benzene rings is 2. The van der Waals surface area contributed by atoms with Gasteiger partial charge in [-0.3, -0.25) is 14.4 Å². The normalized spacial score (nSPS) is 39.5. The molecule has 0 amide bonds. The molecule has 13 heteroatoms. The monoisotopic (exact) mass is 734 g/mol. The Morgan fingerprint density at radius 2 is 1.17 bits per heavy atom. The molecule has 5 fully saturated rings. The number of carbonyl (C=O) groups excluding carboxylic acids is 5. The van der Waals surface area contributed by atoms with Gasteiger partial charge in [-0.2, -0.15) is 0 Å². The molecule has 5 aliphatic rings. The van der Waals surface area contributed by atoms with E-state index in [9.17, 15) is 34.2 Å². The first kappa shape index (κ1) is 38.1. The molecule has 2 aromatic carbocycles. The van der Waals surface area contributed by atoms with E-state index in [0.717, 1.165) is 6.92 Å². The fourth-order valence-electron chi connectivity index (χ4n) is 9.82. The van der Waals surface area contributed by atoms with Gasteiger partial charge in [0.25, 0.3) is 0 Å². The topological polar surface area (TPSA) is 181 Å². The minimum atomic E-state index is -2.39. The van der Waals surface area contributed by atoms with Gasteiger partial charge in [-0.15, -0.1) is 0 Å². The van der Waals surface area contributed by atoms with E-state index < -0.39 is 106 Å². The quantitative estimate of drug-likeness (QED) is 0.228. The molecule has 3 saturated carbocycles. The van der Waals surface area contributed by atoms with Crippen LogP contribution in [0.2, 0.25) is 0 Å². The van der Waals surface area contributed by atoms with Crippen LogP contribution in [0.4, 0.5) is 0 Å². The van der Waals surface area contributed by atoms with Crippen LogP contribution in [0.5, 0.6) is 0 Å². The van der Waals surface area contributed by atoms with Gasteiger partial charge in [0, 0.05) is 32.6 Å². The average Bonchev–Trinajstić information content (AvgIpc) is 3.33. The van der Waals surface area contributed by atoms with Gasteiger partial charge in [0.2, 0.25) is 0 Å². The van der Waals surface area contributed by atoms with E-state index >= 15 is 0 Å². The zero-order chi connectivity index (χ0) is 38.8. The van der Waals surface area contributed by atoms with Gasteiger partial charge in [-0.05, 0) is 56.0 Å². The lowest BCUT2D eigenvalue weighted by Gasteiger charge is -2.62. The molecule has 7 rings (SSSR count). The number of ether oxygens (including phenoxy) is 6. The number of rotatable bonds is 8. The van der Waals surface area contributed by atoms with E-state index in [4.69, 9.17) is 28.4 Å². The third-order valence-electron chi connectivity index (χ3n) is 11.8. The van der Waals surface area contributed by atoms with Crippen LogP contribution in [-0.4, -0.2) is 93.0 Å². The highest BCUT2D eigenvalue weighted by molar-refractivity contribution is 5.90. The summed E-state index contributed by atoms with van der Waals surface area (Å²) in [6.45, 7) is 13.9. The standard InChI is InChI=1S/C40H46O13/c1-20(2)38(46)31(51-34(44)26-15-11-9-12-16-26)22(4)39(47)28-19-21(3)30(48-23(5)41)40(28)36(50-25(7)43)37(8,53-40)32(29(39)33(38)49-24(6)42)52-35(45)27-17-13-10-14-18-27/h9-18,21-22,28-33,36,46-47H,1,19H2,2-8H3. The summed E-state index contributed by atoms with van der Waals surface area (Å²) in [5.74, 6) is -8.35. The molecule has 2 heterocycles. The maximum Gasteiger partial charge on any atom is 0.338 e. The highest BCUT2D eigenvalue weighted by Crippen LogP contribution is 2.71. The van der Waals surface area contributed by atoms with Crippen molar-refractivity contribution in [2.45, 2.75) is 108 Å². The summed E-state index contributed by atoms with van der Waals surface area (Å²) < 4.78 is 37.3. The number of esters is 5. The number of aliphatic hydroxyl groups is 2. The summed E-state index contributed by atoms with van der Waals surface area (Å²) in [4.78, 5) is 66.4. The van der Waals surface area contributed by atoms with Crippen molar-refractivity contribution in [3.8, 4) is 0 Å². The maximum atomic E-state index is 14.0. The second-order valence-corrected chi connectivity index (χ2v) is 15.1. The van der Waals surface area contributed by atoms with Crippen molar-refractivity contribution in [3.05, 3.63) is 83.9 Å². The molecule has 2 bridgehead atoms. The predicted octanol–water partition coefficient (Wildman–Crippen LogP) is 3.73. The molecular formula is C40H46O13. The Balaban J connectivity index is 1.64. The van der Waals surface area contributed by atoms with Crippen LogP contribution >= 0.6 is 0 Å². The van der Waals surface area contributed by atoms with Gasteiger partial charge in [0.1, 0.15) is 30.0 Å². The van der Waals surface area contributed by atoms with E-state index in [2.05, 4.69) is 6.58 Å². The highest BCUT2D eigenvalue weighted by Gasteiger charge is 2.88. The van der Waals surface area contributed by atoms with E-state index in [-0.39, 0.29) is 23.1 Å². The molecular weight excluding hydrogens is 688 g/mol. The Labute approximate surface area is 307 Å². The largest absolute Gasteiger partial charge is 0.459 e. The predicted molar refractivity (Wildman–Crippen MR) is 185 cm³/mol. The molecule has 13 atom stereocenters. The SMILES string of the molecule is C=C(C)C1(O)C(OC(=O)c2ccccc2)C(C)C2(O)C(C(OC(=O)c3ccccc3)C3(C)OC4(C(OC(C)=O)C(C)CC24)C3OC(C)=O)C1OC(C)=O. The molecule has 2 aromatic rings. The zero-order valence-electron chi connectivity index (χ0n) is 30.8. The maximum absolute atomic E-state index is 14.0. The van der Waals surface area contributed by atoms with Crippen LogP contribution in [0.15, 0.2) is 72.8 Å². The third-order valence-corrected chi connectivity index (χ3v) is 11.8. The minimum Gasteiger partial charge on any atom is -0.459 e. The molecule has 1 spiro atoms. The van der Waals surface area contributed by atoms with Gasteiger partial charge in [-0.25, -0.2) is 9.59 Å². The van der Waals surface area contributed by atoms with Crippen LogP contribution in [0.1, 0.15) is 75.6 Å². The Morgan fingerprint density at radius 3 is 1.64 bits per heavy atom. The molecule has 2 N–H and O–H groups in total. The van der Waals surface area contributed by atoms with Crippen LogP contribution in [0.3, 0.4) is 0 Å². The molecule has 0 radical (unpaired) electrons. The Hall–Kier alpha value is -4.59. The zero-order valence-corrected chi connectivity index (χ0v) is 30.8. The summed E-state index contributed by atoms with van der Waals surface area (Å²) in [5, 5.41) is 26.7. The molecule has 53 heavy (non-hydrogen) atoms.